The van der Waals surface area contributed by atoms with Crippen LogP contribution in [0, 0.1) is 0 Å². The zero-order chi connectivity index (χ0) is 13.4. The van der Waals surface area contributed by atoms with Crippen molar-refractivity contribution >= 4 is 7.12 Å². The van der Waals surface area contributed by atoms with Gasteiger partial charge in [-0.1, -0.05) is 11.5 Å². The van der Waals surface area contributed by atoms with E-state index in [9.17, 15) is 0 Å². The number of rotatable bonds is 2. The van der Waals surface area contributed by atoms with Crippen LogP contribution in [0.25, 0.3) is 0 Å². The molecule has 1 heterocycles. The molecule has 0 radical (unpaired) electrons. The lowest BCUT2D eigenvalue weighted by atomic mass is 9.81. The molecule has 0 amide bonds. The van der Waals surface area contributed by atoms with Crippen LogP contribution >= 0.6 is 0 Å². The molecule has 1 unspecified atom stereocenters. The van der Waals surface area contributed by atoms with Crippen LogP contribution in [0.15, 0.2) is 11.5 Å². The lowest BCUT2D eigenvalue weighted by Crippen LogP contribution is -2.41. The van der Waals surface area contributed by atoms with Gasteiger partial charge in [0.15, 0.2) is 0 Å². The van der Waals surface area contributed by atoms with E-state index in [0.29, 0.717) is 6.10 Å². The normalized spacial score (nSPS) is 33.1. The van der Waals surface area contributed by atoms with Gasteiger partial charge in [-0.2, -0.15) is 0 Å². The summed E-state index contributed by atoms with van der Waals surface area (Å²) < 4.78 is 17.4. The second kappa shape index (κ2) is 4.99. The summed E-state index contributed by atoms with van der Waals surface area (Å²) in [5.74, 6) is 2.15. The lowest BCUT2D eigenvalue weighted by molar-refractivity contribution is 0.00578. The molecule has 4 heteroatoms. The first-order valence-corrected chi connectivity index (χ1v) is 6.92. The summed E-state index contributed by atoms with van der Waals surface area (Å²) in [7, 11) is 1.59. The van der Waals surface area contributed by atoms with Gasteiger partial charge in [-0.3, -0.25) is 0 Å². The van der Waals surface area contributed by atoms with Crippen LogP contribution in [0.5, 0.6) is 0 Å². The minimum atomic E-state index is -0.246. The van der Waals surface area contributed by atoms with Gasteiger partial charge in [-0.15, -0.1) is 0 Å². The lowest BCUT2D eigenvalue weighted by Gasteiger charge is -2.32. The fraction of sp³-hybridized carbons (Fsp3) is 0.857. The quantitative estimate of drug-likeness (QED) is 0.706. The first-order chi connectivity index (χ1) is 8.34. The summed E-state index contributed by atoms with van der Waals surface area (Å²) in [6, 6.07) is 0. The zero-order valence-corrected chi connectivity index (χ0v) is 12.3. The van der Waals surface area contributed by atoms with Gasteiger partial charge in [0.05, 0.1) is 17.3 Å². The summed E-state index contributed by atoms with van der Waals surface area (Å²) in [4.78, 5) is 0. The second-order valence-corrected chi connectivity index (χ2v) is 6.40. The molecule has 0 bridgehead atoms. The van der Waals surface area contributed by atoms with Gasteiger partial charge in [-0.25, -0.2) is 0 Å². The van der Waals surface area contributed by atoms with E-state index >= 15 is 0 Å². The van der Waals surface area contributed by atoms with Crippen LogP contribution in [-0.2, 0) is 14.0 Å². The third kappa shape index (κ3) is 2.81. The van der Waals surface area contributed by atoms with Crippen molar-refractivity contribution in [2.75, 3.05) is 7.11 Å². The average Bonchev–Trinajstić information content (AvgIpc) is 2.47. The molecule has 2 rings (SSSR count). The highest BCUT2D eigenvalue weighted by Gasteiger charge is 2.50. The van der Waals surface area contributed by atoms with E-state index in [1.165, 1.54) is 12.0 Å². The molecule has 0 aromatic carbocycles. The van der Waals surface area contributed by atoms with Gasteiger partial charge < -0.3 is 14.0 Å². The van der Waals surface area contributed by atoms with Crippen molar-refractivity contribution in [3.05, 3.63) is 11.5 Å². The highest BCUT2D eigenvalue weighted by molar-refractivity contribution is 6.51. The van der Waals surface area contributed by atoms with Crippen LogP contribution in [0.4, 0.5) is 0 Å². The van der Waals surface area contributed by atoms with Crippen LogP contribution in [0.2, 0.25) is 0 Å². The third-order valence-electron chi connectivity index (χ3n) is 4.49. The Kier molecular flexibility index (Phi) is 3.91. The fourth-order valence-corrected chi connectivity index (χ4v) is 2.56. The molecule has 18 heavy (non-hydrogen) atoms. The van der Waals surface area contributed by atoms with Crippen LogP contribution < -0.4 is 0 Å². The summed E-state index contributed by atoms with van der Waals surface area (Å²) in [6.07, 6.45) is 4.89. The Morgan fingerprint density at radius 1 is 1.22 bits per heavy atom. The molecule has 2 aliphatic rings. The largest absolute Gasteiger partial charge is 0.487 e. The monoisotopic (exact) mass is 252 g/mol. The summed E-state index contributed by atoms with van der Waals surface area (Å²) in [5.41, 5.74) is 0.917. The Labute approximate surface area is 111 Å². The molecule has 1 saturated carbocycles. The van der Waals surface area contributed by atoms with Crippen molar-refractivity contribution in [2.24, 2.45) is 0 Å². The molecular formula is C14H25BO3. The van der Waals surface area contributed by atoms with Crippen molar-refractivity contribution in [1.82, 2.24) is 0 Å². The third-order valence-corrected chi connectivity index (χ3v) is 4.49. The predicted molar refractivity (Wildman–Crippen MR) is 73.4 cm³/mol. The van der Waals surface area contributed by atoms with Gasteiger partial charge in [0.25, 0.3) is 0 Å². The Bertz CT molecular complexity index is 320. The predicted octanol–water partition coefficient (Wildman–Crippen LogP) is 3.13. The van der Waals surface area contributed by atoms with Gasteiger partial charge >= 0.3 is 7.12 Å². The van der Waals surface area contributed by atoms with Crippen LogP contribution in [0.3, 0.4) is 0 Å². The topological polar surface area (TPSA) is 27.7 Å². The maximum absolute atomic E-state index is 6.00. The minimum absolute atomic E-state index is 0.208. The maximum atomic E-state index is 6.00. The van der Waals surface area contributed by atoms with Crippen molar-refractivity contribution < 1.29 is 14.0 Å². The van der Waals surface area contributed by atoms with Crippen molar-refractivity contribution in [1.29, 1.82) is 0 Å². The summed E-state index contributed by atoms with van der Waals surface area (Å²) in [6.45, 7) is 8.35. The zero-order valence-electron chi connectivity index (χ0n) is 12.3. The Morgan fingerprint density at radius 3 is 2.39 bits per heavy atom. The van der Waals surface area contributed by atoms with Crippen molar-refractivity contribution in [3.63, 3.8) is 0 Å². The highest BCUT2D eigenvalue weighted by atomic mass is 16.7. The van der Waals surface area contributed by atoms with Gasteiger partial charge in [0, 0.05) is 7.11 Å². The number of hydrogen-bond donors (Lipinski definition) is 0. The molecule has 1 aliphatic heterocycles. The molecule has 1 atom stereocenters. The van der Waals surface area contributed by atoms with E-state index < -0.39 is 0 Å². The van der Waals surface area contributed by atoms with E-state index in [0.717, 1.165) is 19.3 Å². The van der Waals surface area contributed by atoms with Crippen molar-refractivity contribution in [2.45, 2.75) is 70.7 Å². The summed E-state index contributed by atoms with van der Waals surface area (Å²) in [5, 5.41) is 0. The molecule has 2 fully saturated rings. The van der Waals surface area contributed by atoms with Gasteiger partial charge in [-0.05, 0) is 53.4 Å². The van der Waals surface area contributed by atoms with E-state index in [4.69, 9.17) is 14.0 Å². The van der Waals surface area contributed by atoms with E-state index in [-0.39, 0.29) is 18.3 Å². The SMILES string of the molecule is COC1CCC/C(=C/B2OC(C)(C)C(C)(C)O2)C1. The van der Waals surface area contributed by atoms with E-state index in [1.807, 2.05) is 0 Å². The number of methoxy groups -OCH3 is 1. The molecule has 0 spiro atoms. The first kappa shape index (κ1) is 14.1. The Morgan fingerprint density at radius 2 is 1.83 bits per heavy atom. The molecule has 102 valence electrons. The molecule has 0 aromatic heterocycles. The Hall–Kier alpha value is -0.315. The molecule has 0 N–H and O–H groups in total. The first-order valence-electron chi connectivity index (χ1n) is 6.92. The maximum Gasteiger partial charge on any atom is 0.487 e. The summed E-state index contributed by atoms with van der Waals surface area (Å²) >= 11 is 0. The second-order valence-electron chi connectivity index (χ2n) is 6.40. The fourth-order valence-electron chi connectivity index (χ4n) is 2.56. The van der Waals surface area contributed by atoms with Gasteiger partial charge in [0.1, 0.15) is 0 Å². The minimum Gasteiger partial charge on any atom is -0.400 e. The highest BCUT2D eigenvalue weighted by Crippen LogP contribution is 2.38. The Balaban J connectivity index is 2.02. The smallest absolute Gasteiger partial charge is 0.400 e. The molecule has 3 nitrogen and oxygen atoms in total. The molecule has 0 aromatic rings. The van der Waals surface area contributed by atoms with E-state index in [2.05, 4.69) is 33.7 Å². The van der Waals surface area contributed by atoms with Crippen LogP contribution in [0.1, 0.15) is 53.4 Å². The van der Waals surface area contributed by atoms with Gasteiger partial charge in [0.2, 0.25) is 0 Å². The van der Waals surface area contributed by atoms with Crippen molar-refractivity contribution in [3.8, 4) is 0 Å². The van der Waals surface area contributed by atoms with Crippen LogP contribution in [-0.4, -0.2) is 31.5 Å². The molecule has 1 saturated heterocycles. The van der Waals surface area contributed by atoms with E-state index in [1.54, 1.807) is 7.11 Å². The number of ether oxygens (including phenoxy) is 1. The average molecular weight is 252 g/mol. The molecule has 1 aliphatic carbocycles. The number of hydrogen-bond acceptors (Lipinski definition) is 3. The molecular weight excluding hydrogens is 227 g/mol. The standard InChI is InChI=1S/C14H25BO3/c1-13(2)14(3,4)18-15(17-13)10-11-7-6-8-12(9-11)16-5/h10,12H,6-9H2,1-5H3/b11-10-.